The Morgan fingerprint density at radius 1 is 1.04 bits per heavy atom. The molecule has 1 aliphatic carbocycles. The number of hydrogen-bond acceptors (Lipinski definition) is 5. The van der Waals surface area contributed by atoms with Crippen LogP contribution in [0, 0.1) is 0 Å². The van der Waals surface area contributed by atoms with E-state index in [4.69, 9.17) is 10.5 Å². The second-order valence-electron chi connectivity index (χ2n) is 6.00. The average molecular weight is 353 g/mol. The van der Waals surface area contributed by atoms with Gasteiger partial charge in [0.2, 0.25) is 5.91 Å². The number of carbonyl (C=O) groups excluding carboxylic acids is 3. The largest absolute Gasteiger partial charge is 0.550 e. The van der Waals surface area contributed by atoms with Gasteiger partial charge in [0.05, 0.1) is 0 Å². The highest BCUT2D eigenvalue weighted by Gasteiger charge is 2.29. The van der Waals surface area contributed by atoms with Crippen LogP contribution in [0.25, 0.3) is 11.1 Å². The van der Waals surface area contributed by atoms with Crippen molar-refractivity contribution in [1.29, 1.82) is 0 Å². The topological polar surface area (TPSA) is 122 Å². The van der Waals surface area contributed by atoms with Crippen molar-refractivity contribution in [3.05, 3.63) is 59.7 Å². The third-order valence-electron chi connectivity index (χ3n) is 4.35. The molecule has 1 aliphatic rings. The highest BCUT2D eigenvalue weighted by atomic mass is 16.5. The van der Waals surface area contributed by atoms with E-state index in [0.29, 0.717) is 0 Å². The minimum absolute atomic E-state index is 0.0522. The number of ether oxygens (including phenoxy) is 1. The van der Waals surface area contributed by atoms with Gasteiger partial charge in [-0.05, 0) is 22.3 Å². The third-order valence-corrected chi connectivity index (χ3v) is 4.35. The van der Waals surface area contributed by atoms with Gasteiger partial charge in [0, 0.05) is 18.3 Å². The monoisotopic (exact) mass is 353 g/mol. The number of carboxylic acid groups (broad SMARTS) is 1. The molecule has 2 amide bonds. The molecule has 7 heteroatoms. The number of fused-ring (bicyclic) bond motifs is 3. The van der Waals surface area contributed by atoms with E-state index in [1.54, 1.807) is 0 Å². The fraction of sp³-hybridized carbons (Fsp3) is 0.211. The van der Waals surface area contributed by atoms with E-state index in [-0.39, 0.29) is 12.5 Å². The molecule has 26 heavy (non-hydrogen) atoms. The van der Waals surface area contributed by atoms with Gasteiger partial charge in [-0.25, -0.2) is 4.79 Å². The van der Waals surface area contributed by atoms with Crippen molar-refractivity contribution >= 4 is 18.0 Å². The standard InChI is InChI=1S/C19H18N2O5/c20-18(24)16(9-17(22)23)21-19(25)26-10-15-13-7-3-1-5-11(13)12-6-2-4-8-14(12)15/h1-8,15-16H,9-10H2,(H2,20,24)(H,21,25)(H,22,23)/p-1/t16-/m0/s1. The van der Waals surface area contributed by atoms with E-state index in [1.807, 2.05) is 48.5 Å². The summed E-state index contributed by atoms with van der Waals surface area (Å²) in [4.78, 5) is 33.8. The summed E-state index contributed by atoms with van der Waals surface area (Å²) in [5, 5.41) is 12.8. The second-order valence-corrected chi connectivity index (χ2v) is 6.00. The molecule has 0 saturated heterocycles. The summed E-state index contributed by atoms with van der Waals surface area (Å²) in [7, 11) is 0. The molecule has 0 radical (unpaired) electrons. The molecule has 0 bridgehead atoms. The van der Waals surface area contributed by atoms with Crippen molar-refractivity contribution in [1.82, 2.24) is 5.32 Å². The summed E-state index contributed by atoms with van der Waals surface area (Å²) in [5.74, 6) is -2.60. The number of aliphatic carboxylic acids is 1. The first-order valence-electron chi connectivity index (χ1n) is 8.08. The lowest BCUT2D eigenvalue weighted by Crippen LogP contribution is -2.47. The number of primary amides is 1. The number of carbonyl (C=O) groups is 3. The van der Waals surface area contributed by atoms with Crippen LogP contribution in [-0.2, 0) is 14.3 Å². The van der Waals surface area contributed by atoms with E-state index in [9.17, 15) is 19.5 Å². The molecule has 0 heterocycles. The van der Waals surface area contributed by atoms with Crippen LogP contribution in [0.4, 0.5) is 4.79 Å². The lowest BCUT2D eigenvalue weighted by Gasteiger charge is -2.18. The van der Waals surface area contributed by atoms with Crippen LogP contribution >= 0.6 is 0 Å². The molecule has 2 aromatic carbocycles. The number of amides is 2. The number of benzene rings is 2. The molecule has 0 aromatic heterocycles. The van der Waals surface area contributed by atoms with Gasteiger partial charge in [-0.15, -0.1) is 0 Å². The zero-order chi connectivity index (χ0) is 18.7. The van der Waals surface area contributed by atoms with E-state index < -0.39 is 30.4 Å². The molecular formula is C19H17N2O5-. The summed E-state index contributed by atoms with van der Waals surface area (Å²) in [5.41, 5.74) is 9.34. The summed E-state index contributed by atoms with van der Waals surface area (Å²) in [6.45, 7) is 0.0522. The van der Waals surface area contributed by atoms with E-state index >= 15 is 0 Å². The third kappa shape index (κ3) is 3.51. The Balaban J connectivity index is 1.71. The second kappa shape index (κ2) is 7.26. The fourth-order valence-corrected chi connectivity index (χ4v) is 3.17. The van der Waals surface area contributed by atoms with Crippen LogP contribution in [0.2, 0.25) is 0 Å². The van der Waals surface area contributed by atoms with Gasteiger partial charge in [0.25, 0.3) is 0 Å². The van der Waals surface area contributed by atoms with Crippen LogP contribution in [0.15, 0.2) is 48.5 Å². The molecule has 3 N–H and O–H groups in total. The summed E-state index contributed by atoms with van der Waals surface area (Å²) in [6, 6.07) is 14.3. The average Bonchev–Trinajstić information content (AvgIpc) is 2.93. The number of carboxylic acids is 1. The van der Waals surface area contributed by atoms with Crippen LogP contribution < -0.4 is 16.2 Å². The predicted molar refractivity (Wildman–Crippen MR) is 90.8 cm³/mol. The molecule has 0 fully saturated rings. The molecule has 0 saturated carbocycles. The van der Waals surface area contributed by atoms with E-state index in [2.05, 4.69) is 5.32 Å². The first kappa shape index (κ1) is 17.5. The van der Waals surface area contributed by atoms with Crippen molar-refractivity contribution in [2.24, 2.45) is 5.73 Å². The maximum absolute atomic E-state index is 12.0. The van der Waals surface area contributed by atoms with Gasteiger partial charge in [-0.1, -0.05) is 48.5 Å². The minimum Gasteiger partial charge on any atom is -0.550 e. The van der Waals surface area contributed by atoms with E-state index in [1.165, 1.54) is 0 Å². The Bertz CT molecular complexity index is 819. The van der Waals surface area contributed by atoms with Crippen LogP contribution in [0.3, 0.4) is 0 Å². The lowest BCUT2D eigenvalue weighted by molar-refractivity contribution is -0.306. The van der Waals surface area contributed by atoms with Gasteiger partial charge < -0.3 is 25.7 Å². The van der Waals surface area contributed by atoms with E-state index in [0.717, 1.165) is 22.3 Å². The van der Waals surface area contributed by atoms with Crippen molar-refractivity contribution in [2.45, 2.75) is 18.4 Å². The predicted octanol–water partition coefficient (Wildman–Crippen LogP) is 0.519. The Kier molecular flexibility index (Phi) is 4.88. The zero-order valence-corrected chi connectivity index (χ0v) is 13.8. The van der Waals surface area contributed by atoms with Gasteiger partial charge in [0.15, 0.2) is 0 Å². The minimum atomic E-state index is -1.49. The Morgan fingerprint density at radius 3 is 2.08 bits per heavy atom. The number of alkyl carbamates (subject to hydrolysis) is 1. The summed E-state index contributed by atoms with van der Waals surface area (Å²) < 4.78 is 5.23. The number of rotatable bonds is 6. The highest BCUT2D eigenvalue weighted by Crippen LogP contribution is 2.44. The van der Waals surface area contributed by atoms with Gasteiger partial charge in [-0.3, -0.25) is 4.79 Å². The molecule has 0 aliphatic heterocycles. The molecule has 134 valence electrons. The quantitative estimate of drug-likeness (QED) is 0.784. The highest BCUT2D eigenvalue weighted by molar-refractivity contribution is 5.87. The zero-order valence-electron chi connectivity index (χ0n) is 13.8. The lowest BCUT2D eigenvalue weighted by atomic mass is 9.98. The molecule has 7 nitrogen and oxygen atoms in total. The molecule has 0 spiro atoms. The number of hydrogen-bond donors (Lipinski definition) is 2. The summed E-state index contributed by atoms with van der Waals surface area (Å²) in [6.07, 6.45) is -1.61. The van der Waals surface area contributed by atoms with Gasteiger partial charge in [0.1, 0.15) is 12.6 Å². The first-order chi connectivity index (χ1) is 12.5. The van der Waals surface area contributed by atoms with Crippen molar-refractivity contribution in [3.8, 4) is 11.1 Å². The van der Waals surface area contributed by atoms with Crippen LogP contribution in [-0.4, -0.2) is 30.6 Å². The van der Waals surface area contributed by atoms with Gasteiger partial charge >= 0.3 is 6.09 Å². The maximum atomic E-state index is 12.0. The molecule has 3 rings (SSSR count). The molecule has 2 aromatic rings. The summed E-state index contributed by atoms with van der Waals surface area (Å²) >= 11 is 0. The Morgan fingerprint density at radius 2 is 1.58 bits per heavy atom. The van der Waals surface area contributed by atoms with Crippen molar-refractivity contribution in [3.63, 3.8) is 0 Å². The molecule has 0 unspecified atom stereocenters. The van der Waals surface area contributed by atoms with Crippen molar-refractivity contribution < 1.29 is 24.2 Å². The molecule has 1 atom stereocenters. The van der Waals surface area contributed by atoms with Crippen LogP contribution in [0.1, 0.15) is 23.5 Å². The first-order valence-corrected chi connectivity index (χ1v) is 8.08. The smallest absolute Gasteiger partial charge is 0.407 e. The van der Waals surface area contributed by atoms with Crippen molar-refractivity contribution in [2.75, 3.05) is 6.61 Å². The molecular weight excluding hydrogens is 336 g/mol. The van der Waals surface area contributed by atoms with Gasteiger partial charge in [-0.2, -0.15) is 0 Å². The fourth-order valence-electron chi connectivity index (χ4n) is 3.17. The van der Waals surface area contributed by atoms with Crippen LogP contribution in [0.5, 0.6) is 0 Å². The maximum Gasteiger partial charge on any atom is 0.407 e. The normalized spacial score (nSPS) is 13.4. The number of nitrogens with two attached hydrogens (primary N) is 1. The SMILES string of the molecule is NC(=O)[C@H](CC(=O)[O-])NC(=O)OCC1c2ccccc2-c2ccccc21. The number of nitrogens with one attached hydrogen (secondary N) is 1. The Hall–Kier alpha value is -3.35. The Labute approximate surface area is 149 Å².